The predicted molar refractivity (Wildman–Crippen MR) is 135 cm³/mol. The number of hydrogen-bond acceptors (Lipinski definition) is 6. The molecule has 0 radical (unpaired) electrons. The van der Waals surface area contributed by atoms with Gasteiger partial charge in [-0.25, -0.2) is 0 Å². The van der Waals surface area contributed by atoms with Gasteiger partial charge in [0.15, 0.2) is 0 Å². The Bertz CT molecular complexity index is 1140. The molecule has 3 N–H and O–H groups in total. The molecule has 1 amide bonds. The van der Waals surface area contributed by atoms with Crippen molar-refractivity contribution in [2.24, 2.45) is 0 Å². The summed E-state index contributed by atoms with van der Waals surface area (Å²) in [5.41, 5.74) is 12.1. The summed E-state index contributed by atoms with van der Waals surface area (Å²) >= 11 is 0. The van der Waals surface area contributed by atoms with Crippen molar-refractivity contribution in [3.63, 3.8) is 0 Å². The van der Waals surface area contributed by atoms with Crippen LogP contribution in [0, 0.1) is 27.7 Å². The van der Waals surface area contributed by atoms with Gasteiger partial charge in [0.1, 0.15) is 17.3 Å². The highest BCUT2D eigenvalue weighted by Crippen LogP contribution is 2.36. The molecule has 0 spiro atoms. The minimum Gasteiger partial charge on any atom is -0.457 e. The second-order valence-corrected chi connectivity index (χ2v) is 9.23. The molecule has 0 bridgehead atoms. The standard InChI is InChI=1S/C27H34N4O3/c1-17-12-23(29-25(32)8-11-31-9-6-5-7-10-31)13-18(2)27(17)33-24-15-21(14-22(28)16-24)26-19(3)30-34-20(26)4/h12-16H,5-11,28H2,1-4H3,(H,29,32). The molecule has 0 aliphatic carbocycles. The molecule has 0 atom stereocenters. The van der Waals surface area contributed by atoms with Crippen molar-refractivity contribution in [3.8, 4) is 22.6 Å². The molecule has 0 saturated carbocycles. The molecule has 34 heavy (non-hydrogen) atoms. The molecular formula is C27H34N4O3. The summed E-state index contributed by atoms with van der Waals surface area (Å²) in [7, 11) is 0. The number of aromatic nitrogens is 1. The summed E-state index contributed by atoms with van der Waals surface area (Å²) in [4.78, 5) is 14.9. The Hall–Kier alpha value is -3.32. The van der Waals surface area contributed by atoms with Crippen LogP contribution in [0.3, 0.4) is 0 Å². The lowest BCUT2D eigenvalue weighted by atomic mass is 10.0. The Labute approximate surface area is 201 Å². The van der Waals surface area contributed by atoms with E-state index in [0.29, 0.717) is 17.9 Å². The zero-order valence-corrected chi connectivity index (χ0v) is 20.5. The van der Waals surface area contributed by atoms with Crippen LogP contribution in [0.2, 0.25) is 0 Å². The zero-order valence-electron chi connectivity index (χ0n) is 20.5. The lowest BCUT2D eigenvalue weighted by Crippen LogP contribution is -2.32. The average Bonchev–Trinajstić information content (AvgIpc) is 3.13. The number of amides is 1. The molecular weight excluding hydrogens is 428 g/mol. The van der Waals surface area contributed by atoms with Crippen LogP contribution in [0.1, 0.15) is 48.3 Å². The van der Waals surface area contributed by atoms with Crippen molar-refractivity contribution in [3.05, 3.63) is 52.9 Å². The Morgan fingerprint density at radius 3 is 2.41 bits per heavy atom. The lowest BCUT2D eigenvalue weighted by Gasteiger charge is -2.26. The largest absolute Gasteiger partial charge is 0.457 e. The van der Waals surface area contributed by atoms with Crippen molar-refractivity contribution in [2.75, 3.05) is 30.7 Å². The van der Waals surface area contributed by atoms with Gasteiger partial charge in [-0.15, -0.1) is 0 Å². The number of rotatable bonds is 7. The van der Waals surface area contributed by atoms with Gasteiger partial charge in [0.05, 0.1) is 5.69 Å². The predicted octanol–water partition coefficient (Wildman–Crippen LogP) is 5.76. The van der Waals surface area contributed by atoms with Crippen LogP contribution < -0.4 is 15.8 Å². The van der Waals surface area contributed by atoms with E-state index in [1.165, 1.54) is 19.3 Å². The smallest absolute Gasteiger partial charge is 0.225 e. The first-order valence-electron chi connectivity index (χ1n) is 12.0. The van der Waals surface area contributed by atoms with Crippen molar-refractivity contribution in [1.82, 2.24) is 10.1 Å². The molecule has 2 aromatic carbocycles. The second-order valence-electron chi connectivity index (χ2n) is 9.23. The molecule has 4 rings (SSSR count). The molecule has 3 aromatic rings. The van der Waals surface area contributed by atoms with Crippen LogP contribution in [0.5, 0.6) is 11.5 Å². The molecule has 1 aliphatic heterocycles. The third-order valence-corrected chi connectivity index (χ3v) is 6.32. The van der Waals surface area contributed by atoms with Crippen LogP contribution in [0.25, 0.3) is 11.1 Å². The van der Waals surface area contributed by atoms with Crippen molar-refractivity contribution < 1.29 is 14.1 Å². The van der Waals surface area contributed by atoms with E-state index in [1.54, 1.807) is 6.07 Å². The molecule has 1 aromatic heterocycles. The first-order valence-corrected chi connectivity index (χ1v) is 12.0. The van der Waals surface area contributed by atoms with Crippen LogP contribution in [0.4, 0.5) is 11.4 Å². The number of nitrogens with one attached hydrogen (secondary N) is 1. The number of nitrogens with zero attached hydrogens (tertiary/aromatic N) is 2. The van der Waals surface area contributed by atoms with E-state index >= 15 is 0 Å². The van der Waals surface area contributed by atoms with E-state index < -0.39 is 0 Å². The maximum absolute atomic E-state index is 12.5. The molecule has 180 valence electrons. The molecule has 2 heterocycles. The van der Waals surface area contributed by atoms with E-state index in [9.17, 15) is 4.79 Å². The fourth-order valence-electron chi connectivity index (χ4n) is 4.69. The van der Waals surface area contributed by atoms with E-state index in [2.05, 4.69) is 15.4 Å². The average molecular weight is 463 g/mol. The van der Waals surface area contributed by atoms with E-state index in [-0.39, 0.29) is 5.91 Å². The highest BCUT2D eigenvalue weighted by atomic mass is 16.5. The fraction of sp³-hybridized carbons (Fsp3) is 0.407. The Morgan fingerprint density at radius 1 is 1.06 bits per heavy atom. The summed E-state index contributed by atoms with van der Waals surface area (Å²) in [5.74, 6) is 2.17. The quantitative estimate of drug-likeness (QED) is 0.433. The normalized spacial score (nSPS) is 14.2. The first kappa shape index (κ1) is 23.8. The van der Waals surface area contributed by atoms with Gasteiger partial charge in [0.2, 0.25) is 5.91 Å². The number of hydrogen-bond donors (Lipinski definition) is 2. The van der Waals surface area contributed by atoms with Crippen LogP contribution >= 0.6 is 0 Å². The van der Waals surface area contributed by atoms with Crippen molar-refractivity contribution in [2.45, 2.75) is 53.4 Å². The zero-order chi connectivity index (χ0) is 24.2. The molecule has 1 aliphatic rings. The Balaban J connectivity index is 1.47. The van der Waals surface area contributed by atoms with Gasteiger partial charge >= 0.3 is 0 Å². The number of carbonyl (C=O) groups is 1. The number of anilines is 2. The molecule has 7 heteroatoms. The summed E-state index contributed by atoms with van der Waals surface area (Å²) in [6, 6.07) is 9.53. The van der Waals surface area contributed by atoms with Gasteiger partial charge in [-0.2, -0.15) is 0 Å². The topological polar surface area (TPSA) is 93.6 Å². The maximum Gasteiger partial charge on any atom is 0.225 e. The fourth-order valence-corrected chi connectivity index (χ4v) is 4.69. The monoisotopic (exact) mass is 462 g/mol. The minimum absolute atomic E-state index is 0.0398. The number of aryl methyl sites for hydroxylation is 4. The number of ether oxygens (including phenoxy) is 1. The maximum atomic E-state index is 12.5. The summed E-state index contributed by atoms with van der Waals surface area (Å²) in [6.45, 7) is 10.8. The molecule has 1 fully saturated rings. The number of benzene rings is 2. The lowest BCUT2D eigenvalue weighted by molar-refractivity contribution is -0.116. The summed E-state index contributed by atoms with van der Waals surface area (Å²) in [5, 5.41) is 7.09. The molecule has 7 nitrogen and oxygen atoms in total. The van der Waals surface area contributed by atoms with Gasteiger partial charge in [-0.3, -0.25) is 4.79 Å². The number of nitrogens with two attached hydrogens (primary N) is 1. The number of carbonyl (C=O) groups excluding carboxylic acids is 1. The van der Waals surface area contributed by atoms with E-state index in [1.807, 2.05) is 52.0 Å². The van der Waals surface area contributed by atoms with Crippen LogP contribution in [-0.4, -0.2) is 35.6 Å². The van der Waals surface area contributed by atoms with E-state index in [0.717, 1.165) is 64.8 Å². The number of likely N-dealkylation sites (tertiary alicyclic amines) is 1. The Kier molecular flexibility index (Phi) is 7.22. The number of nitrogen functional groups attached to an aromatic ring is 1. The van der Waals surface area contributed by atoms with Gasteiger partial charge < -0.3 is 25.2 Å². The highest BCUT2D eigenvalue weighted by molar-refractivity contribution is 5.91. The van der Waals surface area contributed by atoms with Crippen LogP contribution in [0.15, 0.2) is 34.9 Å². The summed E-state index contributed by atoms with van der Waals surface area (Å²) < 4.78 is 11.6. The van der Waals surface area contributed by atoms with Crippen molar-refractivity contribution in [1.29, 1.82) is 0 Å². The van der Waals surface area contributed by atoms with Gasteiger partial charge in [0, 0.05) is 36.0 Å². The molecule has 1 saturated heterocycles. The first-order chi connectivity index (χ1) is 16.3. The third kappa shape index (κ3) is 5.59. The van der Waals surface area contributed by atoms with Gasteiger partial charge in [-0.05, 0) is 94.6 Å². The third-order valence-electron chi connectivity index (χ3n) is 6.32. The van der Waals surface area contributed by atoms with E-state index in [4.69, 9.17) is 15.0 Å². The number of piperidine rings is 1. The SMILES string of the molecule is Cc1cc(NC(=O)CCN2CCCCC2)cc(C)c1Oc1cc(N)cc(-c2c(C)noc2C)c1. The summed E-state index contributed by atoms with van der Waals surface area (Å²) in [6.07, 6.45) is 4.26. The second kappa shape index (κ2) is 10.3. The Morgan fingerprint density at radius 2 is 1.76 bits per heavy atom. The van der Waals surface area contributed by atoms with Gasteiger partial charge in [-0.1, -0.05) is 11.6 Å². The molecule has 0 unspecified atom stereocenters. The minimum atomic E-state index is 0.0398. The highest BCUT2D eigenvalue weighted by Gasteiger charge is 2.16. The van der Waals surface area contributed by atoms with Crippen molar-refractivity contribution >= 4 is 17.3 Å². The van der Waals surface area contributed by atoms with Crippen LogP contribution in [-0.2, 0) is 4.79 Å². The van der Waals surface area contributed by atoms with Gasteiger partial charge in [0.25, 0.3) is 0 Å².